The highest BCUT2D eigenvalue weighted by molar-refractivity contribution is 5.90. The number of anilines is 1. The van der Waals surface area contributed by atoms with Crippen molar-refractivity contribution in [3.8, 4) is 0 Å². The number of nitrogens with two attached hydrogens (primary N) is 1. The summed E-state index contributed by atoms with van der Waals surface area (Å²) in [5.41, 5.74) is 9.47. The van der Waals surface area contributed by atoms with Crippen LogP contribution < -0.4 is 37.6 Å². The second kappa shape index (κ2) is 23.2. The number of allylic oxidation sites excluding steroid dienone is 1. The van der Waals surface area contributed by atoms with Crippen LogP contribution in [0.25, 0.3) is 0 Å². The number of ketones is 2. The minimum atomic E-state index is -1.28. The first-order valence-corrected chi connectivity index (χ1v) is 17.7. The maximum Gasteiger partial charge on any atom is 0.326 e. The van der Waals surface area contributed by atoms with Crippen LogP contribution in [0.5, 0.6) is 0 Å². The number of Topliss-reactive ketones (excluding diaryl/α,β-unsaturated/α-hetero) is 2. The molecule has 1 aromatic carbocycles. The van der Waals surface area contributed by atoms with Crippen molar-refractivity contribution >= 4 is 41.0 Å². The maximum atomic E-state index is 13.9. The van der Waals surface area contributed by atoms with Crippen LogP contribution >= 0.6 is 0 Å². The van der Waals surface area contributed by atoms with E-state index in [9.17, 15) is 33.9 Å². The van der Waals surface area contributed by atoms with Gasteiger partial charge in [0, 0.05) is 75.1 Å². The molecule has 51 heavy (non-hydrogen) atoms. The molecular formula is C36H57N7O8. The molecule has 1 aromatic rings. The van der Waals surface area contributed by atoms with E-state index in [4.69, 9.17) is 10.8 Å². The lowest BCUT2D eigenvalue weighted by Crippen LogP contribution is -2.45. The highest BCUT2D eigenvalue weighted by atomic mass is 16.4. The number of carbonyl (C=O) groups is 6. The van der Waals surface area contributed by atoms with Crippen LogP contribution in [-0.4, -0.2) is 103 Å². The van der Waals surface area contributed by atoms with Gasteiger partial charge in [0.15, 0.2) is 11.6 Å². The predicted molar refractivity (Wildman–Crippen MR) is 194 cm³/mol. The average Bonchev–Trinajstić information content (AvgIpc) is 3.46. The van der Waals surface area contributed by atoms with Crippen molar-refractivity contribution in [1.29, 1.82) is 0 Å². The van der Waals surface area contributed by atoms with Gasteiger partial charge in [-0.3, -0.25) is 24.0 Å². The molecular weight excluding hydrogens is 658 g/mol. The predicted octanol–water partition coefficient (Wildman–Crippen LogP) is 1.17. The van der Waals surface area contributed by atoms with E-state index in [0.717, 1.165) is 16.8 Å². The van der Waals surface area contributed by atoms with Crippen molar-refractivity contribution in [1.82, 2.24) is 26.6 Å². The van der Waals surface area contributed by atoms with Crippen molar-refractivity contribution in [2.45, 2.75) is 89.6 Å². The molecule has 0 aliphatic carbocycles. The molecule has 15 nitrogen and oxygen atoms in total. The lowest BCUT2D eigenvalue weighted by Gasteiger charge is -2.24. The number of amides is 2. The van der Waals surface area contributed by atoms with Gasteiger partial charge in [-0.05, 0) is 76.2 Å². The SMILES string of the molecule is C=C(C)NCC(=O)CCCN[C@@H](CCNCCN)C(=O)C[C@H](CC1CNc2cc(C)ccc21)C(=O)NCC[C@@H](NC(=O)CCCC(=O)O)C(=O)O. The largest absolute Gasteiger partial charge is 0.481 e. The molecule has 1 aliphatic rings. The Bertz CT molecular complexity index is 1350. The van der Waals surface area contributed by atoms with Gasteiger partial charge in [-0.25, -0.2) is 4.79 Å². The van der Waals surface area contributed by atoms with Gasteiger partial charge in [0.2, 0.25) is 11.8 Å². The number of nitrogens with one attached hydrogen (secondary N) is 6. The molecule has 284 valence electrons. The van der Waals surface area contributed by atoms with Gasteiger partial charge in [0.1, 0.15) is 6.04 Å². The summed E-state index contributed by atoms with van der Waals surface area (Å²) >= 11 is 0. The normalized spacial score (nSPS) is 15.1. The van der Waals surface area contributed by atoms with E-state index in [1.807, 2.05) is 25.1 Å². The summed E-state index contributed by atoms with van der Waals surface area (Å²) in [6, 6.07) is 4.23. The Kier molecular flexibility index (Phi) is 19.5. The first-order valence-electron chi connectivity index (χ1n) is 17.7. The molecule has 4 atom stereocenters. The molecule has 0 fully saturated rings. The average molecular weight is 716 g/mol. The Morgan fingerprint density at radius 3 is 2.39 bits per heavy atom. The van der Waals surface area contributed by atoms with Crippen molar-refractivity contribution < 1.29 is 39.0 Å². The van der Waals surface area contributed by atoms with Gasteiger partial charge in [-0.15, -0.1) is 0 Å². The molecule has 10 N–H and O–H groups in total. The third kappa shape index (κ3) is 16.9. The van der Waals surface area contributed by atoms with Crippen molar-refractivity contribution in [2.75, 3.05) is 51.1 Å². The number of fused-ring (bicyclic) bond motifs is 1. The number of carbonyl (C=O) groups excluding carboxylic acids is 4. The van der Waals surface area contributed by atoms with Crippen LogP contribution in [-0.2, 0) is 28.8 Å². The fourth-order valence-corrected chi connectivity index (χ4v) is 5.90. The van der Waals surface area contributed by atoms with Gasteiger partial charge >= 0.3 is 11.9 Å². The number of hydrogen-bond acceptors (Lipinski definition) is 11. The Balaban J connectivity index is 2.12. The first-order chi connectivity index (χ1) is 24.3. The maximum absolute atomic E-state index is 13.9. The van der Waals surface area contributed by atoms with Gasteiger partial charge in [0.25, 0.3) is 0 Å². The lowest BCUT2D eigenvalue weighted by atomic mass is 9.85. The molecule has 0 aromatic heterocycles. The zero-order chi connectivity index (χ0) is 37.8. The second-order valence-electron chi connectivity index (χ2n) is 13.2. The second-order valence-corrected chi connectivity index (χ2v) is 13.2. The van der Waals surface area contributed by atoms with E-state index >= 15 is 0 Å². The van der Waals surface area contributed by atoms with E-state index in [2.05, 4.69) is 38.5 Å². The Labute approximate surface area is 300 Å². The fraction of sp³-hybridized carbons (Fsp3) is 0.611. The lowest BCUT2D eigenvalue weighted by molar-refractivity contribution is -0.142. The van der Waals surface area contributed by atoms with Crippen LogP contribution in [0, 0.1) is 12.8 Å². The van der Waals surface area contributed by atoms with E-state index < -0.39 is 41.8 Å². The first kappa shape index (κ1) is 42.8. The molecule has 2 rings (SSSR count). The molecule has 1 heterocycles. The number of carboxylic acid groups (broad SMARTS) is 2. The summed E-state index contributed by atoms with van der Waals surface area (Å²) in [5.74, 6) is -4.18. The van der Waals surface area contributed by atoms with E-state index in [0.29, 0.717) is 64.1 Å². The summed E-state index contributed by atoms with van der Waals surface area (Å²) in [5, 5.41) is 36.4. The molecule has 15 heteroatoms. The number of aliphatic carboxylic acids is 2. The number of aryl methyl sites for hydroxylation is 1. The van der Waals surface area contributed by atoms with Gasteiger partial charge in [-0.1, -0.05) is 18.7 Å². The Morgan fingerprint density at radius 1 is 0.961 bits per heavy atom. The minimum absolute atomic E-state index is 0.0301. The number of rotatable bonds is 28. The van der Waals surface area contributed by atoms with Crippen LogP contribution in [0.4, 0.5) is 5.69 Å². The van der Waals surface area contributed by atoms with Gasteiger partial charge in [0.05, 0.1) is 12.6 Å². The third-order valence-corrected chi connectivity index (χ3v) is 8.67. The standard InChI is InChI=1S/C36H57N7O8/c1-23(2)41-22-27(44)6-5-14-39-29(11-15-38-17-13-37)32(45)20-25(19-26-21-42-31-18-24(3)9-10-28(26)31)35(49)40-16-12-30(36(50)51)43-33(46)7-4-8-34(47)48/h9-10,18,25-26,29-30,38-39,41-42H,1,4-8,11-17,19-22,37H2,2-3H3,(H,40,49)(H,43,46)(H,47,48)(H,50,51)/t25-,26?,29-,30+/m0/s1. The third-order valence-electron chi connectivity index (χ3n) is 8.67. The van der Waals surface area contributed by atoms with Crippen LogP contribution in [0.1, 0.15) is 81.8 Å². The van der Waals surface area contributed by atoms with Crippen molar-refractivity contribution in [2.24, 2.45) is 11.7 Å². The van der Waals surface area contributed by atoms with E-state index in [1.54, 1.807) is 6.92 Å². The Hall–Kier alpha value is -4.34. The molecule has 2 amide bonds. The molecule has 0 spiro atoms. The van der Waals surface area contributed by atoms with Crippen molar-refractivity contribution in [3.05, 3.63) is 41.6 Å². The fourth-order valence-electron chi connectivity index (χ4n) is 5.90. The van der Waals surface area contributed by atoms with Crippen LogP contribution in [0.3, 0.4) is 0 Å². The van der Waals surface area contributed by atoms with Crippen molar-refractivity contribution in [3.63, 3.8) is 0 Å². The number of hydrogen-bond donors (Lipinski definition) is 9. The molecule has 1 unspecified atom stereocenters. The van der Waals surface area contributed by atoms with Gasteiger partial charge in [-0.2, -0.15) is 0 Å². The molecule has 0 bridgehead atoms. The molecule has 0 saturated heterocycles. The van der Waals surface area contributed by atoms with Crippen LogP contribution in [0.15, 0.2) is 30.5 Å². The monoisotopic (exact) mass is 715 g/mol. The van der Waals surface area contributed by atoms with Crippen LogP contribution in [0.2, 0.25) is 0 Å². The summed E-state index contributed by atoms with van der Waals surface area (Å²) in [6.45, 7) is 10.2. The summed E-state index contributed by atoms with van der Waals surface area (Å²) in [7, 11) is 0. The smallest absolute Gasteiger partial charge is 0.326 e. The summed E-state index contributed by atoms with van der Waals surface area (Å²) in [6.07, 6.45) is 1.27. The zero-order valence-corrected chi connectivity index (χ0v) is 30.0. The highest BCUT2D eigenvalue weighted by Gasteiger charge is 2.32. The molecule has 0 saturated carbocycles. The van der Waals surface area contributed by atoms with E-state index in [1.165, 1.54) is 0 Å². The molecule has 1 aliphatic heterocycles. The minimum Gasteiger partial charge on any atom is -0.481 e. The highest BCUT2D eigenvalue weighted by Crippen LogP contribution is 2.37. The number of benzene rings is 1. The Morgan fingerprint density at radius 2 is 1.71 bits per heavy atom. The zero-order valence-electron chi connectivity index (χ0n) is 30.0. The van der Waals surface area contributed by atoms with E-state index in [-0.39, 0.29) is 62.7 Å². The molecule has 0 radical (unpaired) electrons. The summed E-state index contributed by atoms with van der Waals surface area (Å²) < 4.78 is 0. The number of carboxylic acids is 2. The topological polar surface area (TPSA) is 241 Å². The summed E-state index contributed by atoms with van der Waals surface area (Å²) in [4.78, 5) is 74.5. The van der Waals surface area contributed by atoms with Gasteiger partial charge < -0.3 is 47.8 Å². The quantitative estimate of drug-likeness (QED) is 0.0555.